The standard InChI is InChI=1S/C19H21F2NO2/c1-12-6-5-7-13(2)19(12)24-11-18(23)22(4)14(3)15-8-9-16(20)17(21)10-15/h5-10,14H,11H2,1-4H3. The molecule has 0 heterocycles. The highest BCUT2D eigenvalue weighted by Crippen LogP contribution is 2.24. The molecule has 0 spiro atoms. The summed E-state index contributed by atoms with van der Waals surface area (Å²) in [6, 6.07) is 9.01. The first kappa shape index (κ1) is 17.9. The maximum Gasteiger partial charge on any atom is 0.260 e. The van der Waals surface area contributed by atoms with Gasteiger partial charge in [-0.1, -0.05) is 24.3 Å². The van der Waals surface area contributed by atoms with Crippen LogP contribution >= 0.6 is 0 Å². The lowest BCUT2D eigenvalue weighted by Gasteiger charge is -2.25. The van der Waals surface area contributed by atoms with Gasteiger partial charge in [-0.05, 0) is 49.6 Å². The van der Waals surface area contributed by atoms with Gasteiger partial charge in [0.15, 0.2) is 18.2 Å². The van der Waals surface area contributed by atoms with Crippen LogP contribution in [0.1, 0.15) is 29.7 Å². The lowest BCUT2D eigenvalue weighted by atomic mass is 10.1. The number of para-hydroxylation sites is 1. The lowest BCUT2D eigenvalue weighted by Crippen LogP contribution is -2.33. The molecule has 2 rings (SSSR count). The van der Waals surface area contributed by atoms with Crippen molar-refractivity contribution in [3.8, 4) is 5.75 Å². The SMILES string of the molecule is Cc1cccc(C)c1OCC(=O)N(C)C(C)c1ccc(F)c(F)c1. The Bertz CT molecular complexity index is 726. The van der Waals surface area contributed by atoms with E-state index >= 15 is 0 Å². The molecule has 1 atom stereocenters. The zero-order valence-corrected chi connectivity index (χ0v) is 14.3. The third kappa shape index (κ3) is 3.91. The van der Waals surface area contributed by atoms with Gasteiger partial charge in [0, 0.05) is 7.05 Å². The minimum Gasteiger partial charge on any atom is -0.483 e. The molecular weight excluding hydrogens is 312 g/mol. The maximum absolute atomic E-state index is 13.4. The van der Waals surface area contributed by atoms with Crippen LogP contribution in [0, 0.1) is 25.5 Å². The molecule has 0 aliphatic carbocycles. The molecule has 24 heavy (non-hydrogen) atoms. The van der Waals surface area contributed by atoms with Crippen LogP contribution in [0.25, 0.3) is 0 Å². The molecular formula is C19H21F2NO2. The third-order valence-electron chi connectivity index (χ3n) is 4.15. The molecule has 2 aromatic carbocycles. The van der Waals surface area contributed by atoms with E-state index in [0.29, 0.717) is 11.3 Å². The van der Waals surface area contributed by atoms with Gasteiger partial charge in [-0.15, -0.1) is 0 Å². The van der Waals surface area contributed by atoms with Gasteiger partial charge in [-0.25, -0.2) is 8.78 Å². The maximum atomic E-state index is 13.4. The average molecular weight is 333 g/mol. The van der Waals surface area contributed by atoms with Gasteiger partial charge in [0.2, 0.25) is 0 Å². The molecule has 5 heteroatoms. The fourth-order valence-corrected chi connectivity index (χ4v) is 2.47. The van der Waals surface area contributed by atoms with Crippen LogP contribution in [-0.4, -0.2) is 24.5 Å². The van der Waals surface area contributed by atoms with Gasteiger partial charge in [-0.2, -0.15) is 0 Å². The molecule has 1 amide bonds. The Morgan fingerprint density at radius 3 is 2.33 bits per heavy atom. The largest absolute Gasteiger partial charge is 0.483 e. The highest BCUT2D eigenvalue weighted by atomic mass is 19.2. The smallest absolute Gasteiger partial charge is 0.260 e. The van der Waals surface area contributed by atoms with E-state index < -0.39 is 17.7 Å². The summed E-state index contributed by atoms with van der Waals surface area (Å²) in [6.07, 6.45) is 0. The lowest BCUT2D eigenvalue weighted by molar-refractivity contribution is -0.134. The Balaban J connectivity index is 2.04. The molecule has 0 bridgehead atoms. The van der Waals surface area contributed by atoms with Crippen LogP contribution in [0.15, 0.2) is 36.4 Å². The number of benzene rings is 2. The predicted molar refractivity (Wildman–Crippen MR) is 89.0 cm³/mol. The minimum absolute atomic E-state index is 0.115. The average Bonchev–Trinajstić information content (AvgIpc) is 2.55. The van der Waals surface area contributed by atoms with Crippen molar-refractivity contribution < 1.29 is 18.3 Å². The third-order valence-corrected chi connectivity index (χ3v) is 4.15. The molecule has 0 saturated carbocycles. The Labute approximate surface area is 140 Å². The van der Waals surface area contributed by atoms with Crippen molar-refractivity contribution >= 4 is 5.91 Å². The molecule has 0 N–H and O–H groups in total. The minimum atomic E-state index is -0.924. The van der Waals surface area contributed by atoms with E-state index in [1.807, 2.05) is 32.0 Å². The van der Waals surface area contributed by atoms with E-state index in [-0.39, 0.29) is 12.5 Å². The Morgan fingerprint density at radius 1 is 1.12 bits per heavy atom. The molecule has 0 radical (unpaired) electrons. The van der Waals surface area contributed by atoms with E-state index in [2.05, 4.69) is 0 Å². The fraction of sp³-hybridized carbons (Fsp3) is 0.316. The summed E-state index contributed by atoms with van der Waals surface area (Å²) in [7, 11) is 1.61. The Hall–Kier alpha value is -2.43. The van der Waals surface area contributed by atoms with E-state index in [0.717, 1.165) is 23.3 Å². The number of hydrogen-bond acceptors (Lipinski definition) is 2. The normalized spacial score (nSPS) is 11.9. The fourth-order valence-electron chi connectivity index (χ4n) is 2.47. The van der Waals surface area contributed by atoms with Crippen LogP contribution in [0.3, 0.4) is 0 Å². The molecule has 0 aliphatic heterocycles. The molecule has 0 fully saturated rings. The van der Waals surface area contributed by atoms with Crippen molar-refractivity contribution in [3.63, 3.8) is 0 Å². The first-order valence-electron chi connectivity index (χ1n) is 7.71. The molecule has 3 nitrogen and oxygen atoms in total. The number of rotatable bonds is 5. The molecule has 0 aromatic heterocycles. The first-order chi connectivity index (χ1) is 11.3. The summed E-state index contributed by atoms with van der Waals surface area (Å²) in [6.45, 7) is 5.47. The number of carbonyl (C=O) groups excluding carboxylic acids is 1. The van der Waals surface area contributed by atoms with Crippen LogP contribution in [0.2, 0.25) is 0 Å². The summed E-state index contributed by atoms with van der Waals surface area (Å²) in [4.78, 5) is 13.8. The molecule has 128 valence electrons. The number of aryl methyl sites for hydroxylation is 2. The number of nitrogens with zero attached hydrogens (tertiary/aromatic N) is 1. The highest BCUT2D eigenvalue weighted by molar-refractivity contribution is 5.78. The van der Waals surface area contributed by atoms with E-state index in [1.54, 1.807) is 14.0 Å². The van der Waals surface area contributed by atoms with Crippen LogP contribution < -0.4 is 4.74 Å². The second kappa shape index (κ2) is 7.43. The van der Waals surface area contributed by atoms with E-state index in [4.69, 9.17) is 4.74 Å². The summed E-state index contributed by atoms with van der Waals surface area (Å²) >= 11 is 0. The quantitative estimate of drug-likeness (QED) is 0.821. The second-order valence-electron chi connectivity index (χ2n) is 5.86. The van der Waals surface area contributed by atoms with Crippen molar-refractivity contribution in [1.29, 1.82) is 0 Å². The van der Waals surface area contributed by atoms with Gasteiger partial charge in [0.05, 0.1) is 6.04 Å². The monoisotopic (exact) mass is 333 g/mol. The van der Waals surface area contributed by atoms with Crippen LogP contribution in [0.4, 0.5) is 8.78 Å². The highest BCUT2D eigenvalue weighted by Gasteiger charge is 2.19. The van der Waals surface area contributed by atoms with Gasteiger partial charge in [-0.3, -0.25) is 4.79 Å². The number of carbonyl (C=O) groups is 1. The topological polar surface area (TPSA) is 29.5 Å². The first-order valence-corrected chi connectivity index (χ1v) is 7.71. The van der Waals surface area contributed by atoms with Crippen molar-refractivity contribution in [2.45, 2.75) is 26.8 Å². The predicted octanol–water partition coefficient (Wildman–Crippen LogP) is 4.18. The van der Waals surface area contributed by atoms with Crippen molar-refractivity contribution in [2.24, 2.45) is 0 Å². The number of likely N-dealkylation sites (N-methyl/N-ethyl adjacent to an activating group) is 1. The van der Waals surface area contributed by atoms with Gasteiger partial charge < -0.3 is 9.64 Å². The molecule has 0 saturated heterocycles. The van der Waals surface area contributed by atoms with E-state index in [9.17, 15) is 13.6 Å². The van der Waals surface area contributed by atoms with Crippen LogP contribution in [0.5, 0.6) is 5.75 Å². The van der Waals surface area contributed by atoms with Gasteiger partial charge in [0.25, 0.3) is 5.91 Å². The van der Waals surface area contributed by atoms with Crippen molar-refractivity contribution in [2.75, 3.05) is 13.7 Å². The van der Waals surface area contributed by atoms with Crippen molar-refractivity contribution in [1.82, 2.24) is 4.90 Å². The summed E-state index contributed by atoms with van der Waals surface area (Å²) < 4.78 is 32.0. The second-order valence-corrected chi connectivity index (χ2v) is 5.86. The number of amides is 1. The Kier molecular flexibility index (Phi) is 5.54. The summed E-state index contributed by atoms with van der Waals surface area (Å²) in [5.41, 5.74) is 2.44. The summed E-state index contributed by atoms with van der Waals surface area (Å²) in [5.74, 6) is -1.38. The van der Waals surface area contributed by atoms with Crippen molar-refractivity contribution in [3.05, 3.63) is 64.7 Å². The number of halogens is 2. The van der Waals surface area contributed by atoms with Gasteiger partial charge in [0.1, 0.15) is 5.75 Å². The Morgan fingerprint density at radius 2 is 1.75 bits per heavy atom. The number of hydrogen-bond donors (Lipinski definition) is 0. The molecule has 2 aromatic rings. The number of ether oxygens (including phenoxy) is 1. The molecule has 0 aliphatic rings. The van der Waals surface area contributed by atoms with Crippen LogP contribution in [-0.2, 0) is 4.79 Å². The zero-order valence-electron chi connectivity index (χ0n) is 14.3. The zero-order chi connectivity index (χ0) is 17.9. The summed E-state index contributed by atoms with van der Waals surface area (Å²) in [5, 5.41) is 0. The van der Waals surface area contributed by atoms with E-state index in [1.165, 1.54) is 11.0 Å². The molecule has 1 unspecified atom stereocenters. The van der Waals surface area contributed by atoms with Gasteiger partial charge >= 0.3 is 0 Å².